The maximum atomic E-state index is 10.8. The van der Waals surface area contributed by atoms with Gasteiger partial charge in [0.25, 0.3) is 0 Å². The molecular weight excluding hydrogens is 256 g/mol. The average Bonchev–Trinajstić information content (AvgIpc) is 2.42. The zero-order valence-electron chi connectivity index (χ0n) is 12.5. The van der Waals surface area contributed by atoms with Crippen LogP contribution in [0.5, 0.6) is 11.5 Å². The third-order valence-corrected chi connectivity index (χ3v) is 3.40. The molecule has 0 fully saturated rings. The fourth-order valence-corrected chi connectivity index (χ4v) is 2.39. The molecule has 4 heteroatoms. The van der Waals surface area contributed by atoms with E-state index in [0.29, 0.717) is 6.42 Å². The standard InChI is InChI=1S/C16H24O4/c1-4-7-9-12-10-11(6-3)15(20-16(18)19)14(17)13(12)8-5-2/h10,17H,4-9H2,1-3H3,(H,18,19). The predicted octanol–water partition coefficient (Wildman–Crippen LogP) is 4.31. The number of phenols is 1. The lowest BCUT2D eigenvalue weighted by atomic mass is 9.93. The van der Waals surface area contributed by atoms with Gasteiger partial charge in [0.15, 0.2) is 11.5 Å². The van der Waals surface area contributed by atoms with E-state index in [1.54, 1.807) is 0 Å². The van der Waals surface area contributed by atoms with E-state index in [2.05, 4.69) is 6.92 Å². The van der Waals surface area contributed by atoms with E-state index in [9.17, 15) is 9.90 Å². The molecule has 0 saturated heterocycles. The highest BCUT2D eigenvalue weighted by Gasteiger charge is 2.19. The number of unbranched alkanes of at least 4 members (excludes halogenated alkanes) is 1. The van der Waals surface area contributed by atoms with Crippen molar-refractivity contribution < 1.29 is 19.7 Å². The third kappa shape index (κ3) is 3.89. The number of hydrogen-bond donors (Lipinski definition) is 2. The van der Waals surface area contributed by atoms with E-state index in [-0.39, 0.29) is 11.5 Å². The molecule has 0 amide bonds. The van der Waals surface area contributed by atoms with Gasteiger partial charge in [0.2, 0.25) is 0 Å². The highest BCUT2D eigenvalue weighted by molar-refractivity contribution is 5.66. The number of aryl methyl sites for hydroxylation is 2. The van der Waals surface area contributed by atoms with Crippen LogP contribution in [0.1, 0.15) is 56.7 Å². The van der Waals surface area contributed by atoms with Gasteiger partial charge < -0.3 is 14.9 Å². The number of phenolic OH excluding ortho intramolecular Hbond substituents is 1. The molecule has 0 radical (unpaired) electrons. The summed E-state index contributed by atoms with van der Waals surface area (Å²) in [6.45, 7) is 6.09. The number of carboxylic acid groups (broad SMARTS) is 1. The number of hydrogen-bond acceptors (Lipinski definition) is 3. The molecule has 0 bridgehead atoms. The summed E-state index contributed by atoms with van der Waals surface area (Å²) in [6.07, 6.45) is 3.90. The molecule has 0 saturated carbocycles. The second-order valence-electron chi connectivity index (χ2n) is 4.93. The van der Waals surface area contributed by atoms with Gasteiger partial charge in [-0.3, -0.25) is 0 Å². The molecule has 0 unspecified atom stereocenters. The Morgan fingerprint density at radius 1 is 1.15 bits per heavy atom. The largest absolute Gasteiger partial charge is 0.511 e. The molecule has 1 aromatic rings. The molecule has 0 aliphatic rings. The van der Waals surface area contributed by atoms with Crippen molar-refractivity contribution in [3.8, 4) is 11.5 Å². The van der Waals surface area contributed by atoms with Crippen LogP contribution >= 0.6 is 0 Å². The molecule has 4 nitrogen and oxygen atoms in total. The Labute approximate surface area is 120 Å². The normalized spacial score (nSPS) is 10.6. The van der Waals surface area contributed by atoms with Crippen molar-refractivity contribution in [1.29, 1.82) is 0 Å². The van der Waals surface area contributed by atoms with Gasteiger partial charge in [-0.05, 0) is 36.8 Å². The summed E-state index contributed by atoms with van der Waals surface area (Å²) in [5.74, 6) is 0.100. The minimum Gasteiger partial charge on any atom is -0.504 e. The molecule has 0 spiro atoms. The lowest BCUT2D eigenvalue weighted by Gasteiger charge is -2.17. The van der Waals surface area contributed by atoms with Crippen molar-refractivity contribution in [2.75, 3.05) is 0 Å². The summed E-state index contributed by atoms with van der Waals surface area (Å²) >= 11 is 0. The minimum atomic E-state index is -1.39. The van der Waals surface area contributed by atoms with Gasteiger partial charge in [0.1, 0.15) is 0 Å². The number of aromatic hydroxyl groups is 1. The first-order valence-electron chi connectivity index (χ1n) is 7.32. The van der Waals surface area contributed by atoms with Crippen molar-refractivity contribution in [3.63, 3.8) is 0 Å². The van der Waals surface area contributed by atoms with Crippen LogP contribution in [0.15, 0.2) is 6.07 Å². The van der Waals surface area contributed by atoms with Crippen LogP contribution in [0.4, 0.5) is 4.79 Å². The monoisotopic (exact) mass is 280 g/mol. The first-order chi connectivity index (χ1) is 9.54. The Kier molecular flexibility index (Phi) is 6.36. The predicted molar refractivity (Wildman–Crippen MR) is 78.7 cm³/mol. The molecule has 20 heavy (non-hydrogen) atoms. The number of ether oxygens (including phenoxy) is 1. The van der Waals surface area contributed by atoms with Crippen molar-refractivity contribution in [1.82, 2.24) is 0 Å². The van der Waals surface area contributed by atoms with E-state index in [4.69, 9.17) is 9.84 Å². The fraction of sp³-hybridized carbons (Fsp3) is 0.562. The molecule has 0 atom stereocenters. The second kappa shape index (κ2) is 7.78. The molecule has 0 aliphatic carbocycles. The van der Waals surface area contributed by atoms with E-state index in [1.807, 2.05) is 19.9 Å². The maximum Gasteiger partial charge on any atom is 0.511 e. The maximum absolute atomic E-state index is 10.8. The van der Waals surface area contributed by atoms with Crippen molar-refractivity contribution in [2.45, 2.75) is 59.3 Å². The smallest absolute Gasteiger partial charge is 0.504 e. The topological polar surface area (TPSA) is 66.8 Å². The first kappa shape index (κ1) is 16.3. The van der Waals surface area contributed by atoms with Crippen LogP contribution in [-0.4, -0.2) is 16.4 Å². The van der Waals surface area contributed by atoms with Crippen LogP contribution < -0.4 is 4.74 Å². The summed E-state index contributed by atoms with van der Waals surface area (Å²) in [6, 6.07) is 1.98. The Balaban J connectivity index is 3.31. The molecular formula is C16H24O4. The van der Waals surface area contributed by atoms with Crippen molar-refractivity contribution in [2.24, 2.45) is 0 Å². The van der Waals surface area contributed by atoms with Gasteiger partial charge in [0, 0.05) is 5.56 Å². The molecule has 0 aliphatic heterocycles. The van der Waals surface area contributed by atoms with Crippen molar-refractivity contribution in [3.05, 3.63) is 22.8 Å². The van der Waals surface area contributed by atoms with Gasteiger partial charge in [-0.15, -0.1) is 0 Å². The summed E-state index contributed by atoms with van der Waals surface area (Å²) in [5.41, 5.74) is 2.69. The molecule has 1 aromatic carbocycles. The van der Waals surface area contributed by atoms with E-state index >= 15 is 0 Å². The van der Waals surface area contributed by atoms with Crippen LogP contribution in [0.2, 0.25) is 0 Å². The zero-order chi connectivity index (χ0) is 15.1. The van der Waals surface area contributed by atoms with Crippen LogP contribution in [0, 0.1) is 0 Å². The Morgan fingerprint density at radius 2 is 1.85 bits per heavy atom. The van der Waals surface area contributed by atoms with Gasteiger partial charge in [-0.1, -0.05) is 39.7 Å². The van der Waals surface area contributed by atoms with Crippen molar-refractivity contribution >= 4 is 6.16 Å². The Bertz CT molecular complexity index is 466. The van der Waals surface area contributed by atoms with E-state index in [1.165, 1.54) is 0 Å². The summed E-state index contributed by atoms with van der Waals surface area (Å²) in [4.78, 5) is 10.8. The number of rotatable bonds is 7. The quantitative estimate of drug-likeness (QED) is 0.577. The van der Waals surface area contributed by atoms with Crippen LogP contribution in [0.25, 0.3) is 0 Å². The molecule has 2 N–H and O–H groups in total. The average molecular weight is 280 g/mol. The van der Waals surface area contributed by atoms with Gasteiger partial charge in [-0.25, -0.2) is 4.79 Å². The summed E-state index contributed by atoms with van der Waals surface area (Å²) in [7, 11) is 0. The number of benzene rings is 1. The van der Waals surface area contributed by atoms with Gasteiger partial charge in [0.05, 0.1) is 0 Å². The number of carbonyl (C=O) groups is 1. The van der Waals surface area contributed by atoms with Crippen LogP contribution in [-0.2, 0) is 19.3 Å². The first-order valence-corrected chi connectivity index (χ1v) is 7.32. The Hall–Kier alpha value is -1.71. The highest BCUT2D eigenvalue weighted by atomic mass is 16.7. The fourth-order valence-electron chi connectivity index (χ4n) is 2.39. The SMILES string of the molecule is CCCCc1cc(CC)c(OC(=O)O)c(O)c1CCC. The van der Waals surface area contributed by atoms with E-state index < -0.39 is 6.16 Å². The molecule has 0 heterocycles. The second-order valence-corrected chi connectivity index (χ2v) is 4.93. The minimum absolute atomic E-state index is 0.000275. The lowest BCUT2D eigenvalue weighted by Crippen LogP contribution is -2.08. The summed E-state index contributed by atoms with van der Waals surface area (Å²) < 4.78 is 4.78. The van der Waals surface area contributed by atoms with Crippen LogP contribution in [0.3, 0.4) is 0 Å². The highest BCUT2D eigenvalue weighted by Crippen LogP contribution is 2.38. The lowest BCUT2D eigenvalue weighted by molar-refractivity contribution is 0.142. The Morgan fingerprint density at radius 3 is 2.35 bits per heavy atom. The summed E-state index contributed by atoms with van der Waals surface area (Å²) in [5, 5.41) is 19.2. The third-order valence-electron chi connectivity index (χ3n) is 3.40. The van der Waals surface area contributed by atoms with Gasteiger partial charge >= 0.3 is 6.16 Å². The van der Waals surface area contributed by atoms with Gasteiger partial charge in [-0.2, -0.15) is 0 Å². The molecule has 112 valence electrons. The zero-order valence-corrected chi connectivity index (χ0v) is 12.5. The molecule has 1 rings (SSSR count). The van der Waals surface area contributed by atoms with E-state index in [0.717, 1.165) is 48.8 Å². The molecule has 0 aromatic heterocycles.